The molecule has 112 valence electrons. The van der Waals surface area contributed by atoms with Crippen LogP contribution >= 0.6 is 0 Å². The lowest BCUT2D eigenvalue weighted by molar-refractivity contribution is 0.178. The quantitative estimate of drug-likeness (QED) is 0.829. The average Bonchev–Trinajstić information content (AvgIpc) is 2.81. The summed E-state index contributed by atoms with van der Waals surface area (Å²) in [5.74, 6) is 1.97. The van der Waals surface area contributed by atoms with Gasteiger partial charge in [0.1, 0.15) is 18.0 Å². The molecule has 0 aromatic carbocycles. The van der Waals surface area contributed by atoms with E-state index in [9.17, 15) is 0 Å². The molecule has 2 aromatic heterocycles. The number of nitrogens with one attached hydrogen (secondary N) is 1. The number of nitrogens with two attached hydrogens (primary N) is 1. The highest BCUT2D eigenvalue weighted by atomic mass is 15.5. The third-order valence-corrected chi connectivity index (χ3v) is 3.50. The van der Waals surface area contributed by atoms with Gasteiger partial charge in [0, 0.05) is 38.3 Å². The molecule has 1 aliphatic heterocycles. The van der Waals surface area contributed by atoms with Crippen LogP contribution in [0, 0.1) is 6.92 Å². The summed E-state index contributed by atoms with van der Waals surface area (Å²) in [5.41, 5.74) is 10.1. The number of anilines is 2. The zero-order valence-corrected chi connectivity index (χ0v) is 12.3. The zero-order chi connectivity index (χ0) is 14.8. The van der Waals surface area contributed by atoms with E-state index < -0.39 is 0 Å². The van der Waals surface area contributed by atoms with Crippen molar-refractivity contribution in [3.8, 4) is 5.82 Å². The number of aromatic nitrogens is 4. The molecule has 0 bridgehead atoms. The summed E-state index contributed by atoms with van der Waals surface area (Å²) in [5, 5.41) is 6.49. The Labute approximate surface area is 123 Å². The molecular formula is C13H20N8. The van der Waals surface area contributed by atoms with Crippen molar-refractivity contribution in [3.63, 3.8) is 0 Å². The summed E-state index contributed by atoms with van der Waals surface area (Å²) in [6.07, 6.45) is 1.52. The maximum atomic E-state index is 5.93. The first kappa shape index (κ1) is 13.8. The molecule has 1 saturated heterocycles. The SMILES string of the molecule is Cc1cc(N)n(-c2cc(NN3CCN(C)CC3)ncn2)n1. The molecule has 2 aromatic rings. The standard InChI is InChI=1S/C13H20N8/c1-10-7-11(14)21(17-10)13-8-12(15-9-16-13)18-20-5-3-19(2)4-6-20/h7-9H,3-6,14H2,1-2H3,(H,15,16,18). The molecular weight excluding hydrogens is 268 g/mol. The van der Waals surface area contributed by atoms with Gasteiger partial charge in [0.15, 0.2) is 5.82 Å². The van der Waals surface area contributed by atoms with E-state index in [0.717, 1.165) is 37.7 Å². The fourth-order valence-electron chi connectivity index (χ4n) is 2.31. The molecule has 0 radical (unpaired) electrons. The lowest BCUT2D eigenvalue weighted by atomic mass is 10.4. The van der Waals surface area contributed by atoms with E-state index >= 15 is 0 Å². The van der Waals surface area contributed by atoms with E-state index in [0.29, 0.717) is 11.6 Å². The van der Waals surface area contributed by atoms with Crippen LogP contribution in [-0.4, -0.2) is 62.9 Å². The van der Waals surface area contributed by atoms with Crippen LogP contribution in [0.5, 0.6) is 0 Å². The zero-order valence-electron chi connectivity index (χ0n) is 12.3. The van der Waals surface area contributed by atoms with Crippen LogP contribution in [0.4, 0.5) is 11.6 Å². The number of hydrogen-bond donors (Lipinski definition) is 2. The van der Waals surface area contributed by atoms with Crippen LogP contribution in [0.25, 0.3) is 5.82 Å². The Balaban J connectivity index is 1.76. The molecule has 0 aliphatic carbocycles. The number of piperazine rings is 1. The van der Waals surface area contributed by atoms with E-state index in [1.165, 1.54) is 6.33 Å². The lowest BCUT2D eigenvalue weighted by Crippen LogP contribution is -2.47. The van der Waals surface area contributed by atoms with Crippen LogP contribution in [-0.2, 0) is 0 Å². The van der Waals surface area contributed by atoms with Crippen molar-refractivity contribution in [1.29, 1.82) is 0 Å². The number of aryl methyl sites for hydroxylation is 1. The monoisotopic (exact) mass is 288 g/mol. The minimum atomic E-state index is 0.566. The lowest BCUT2D eigenvalue weighted by Gasteiger charge is -2.32. The van der Waals surface area contributed by atoms with Gasteiger partial charge in [0.25, 0.3) is 0 Å². The first-order chi connectivity index (χ1) is 10.1. The van der Waals surface area contributed by atoms with Gasteiger partial charge in [-0.05, 0) is 14.0 Å². The second-order valence-corrected chi connectivity index (χ2v) is 5.29. The Morgan fingerprint density at radius 3 is 2.57 bits per heavy atom. The van der Waals surface area contributed by atoms with Gasteiger partial charge in [-0.15, -0.1) is 0 Å². The molecule has 8 heteroatoms. The van der Waals surface area contributed by atoms with Gasteiger partial charge in [-0.2, -0.15) is 9.78 Å². The van der Waals surface area contributed by atoms with Gasteiger partial charge in [0.2, 0.25) is 0 Å². The molecule has 3 rings (SSSR count). The molecule has 1 aliphatic rings. The van der Waals surface area contributed by atoms with Crippen molar-refractivity contribution in [1.82, 2.24) is 29.7 Å². The molecule has 3 N–H and O–H groups in total. The average molecular weight is 288 g/mol. The fourth-order valence-corrected chi connectivity index (χ4v) is 2.31. The molecule has 8 nitrogen and oxygen atoms in total. The van der Waals surface area contributed by atoms with Crippen molar-refractivity contribution >= 4 is 11.6 Å². The predicted molar refractivity (Wildman–Crippen MR) is 81.0 cm³/mol. The summed E-state index contributed by atoms with van der Waals surface area (Å²) in [4.78, 5) is 10.8. The third kappa shape index (κ3) is 3.11. The van der Waals surface area contributed by atoms with Crippen LogP contribution < -0.4 is 11.2 Å². The number of nitrogen functional groups attached to an aromatic ring is 1. The molecule has 1 fully saturated rings. The summed E-state index contributed by atoms with van der Waals surface area (Å²) in [6.45, 7) is 5.89. The molecule has 0 spiro atoms. The molecule has 0 atom stereocenters. The predicted octanol–water partition coefficient (Wildman–Crippen LogP) is 0.127. The molecule has 21 heavy (non-hydrogen) atoms. The second kappa shape index (κ2) is 5.66. The molecule has 0 amide bonds. The maximum Gasteiger partial charge on any atom is 0.161 e. The topological polar surface area (TPSA) is 88.1 Å². The van der Waals surface area contributed by atoms with Gasteiger partial charge in [0.05, 0.1) is 5.69 Å². The van der Waals surface area contributed by atoms with E-state index in [1.54, 1.807) is 4.68 Å². The van der Waals surface area contributed by atoms with Crippen molar-refractivity contribution in [3.05, 3.63) is 24.2 Å². The Morgan fingerprint density at radius 1 is 1.14 bits per heavy atom. The van der Waals surface area contributed by atoms with Gasteiger partial charge in [-0.3, -0.25) is 0 Å². The Hall–Kier alpha value is -2.19. The summed E-state index contributed by atoms with van der Waals surface area (Å²) >= 11 is 0. The number of hydrogen-bond acceptors (Lipinski definition) is 7. The molecule has 3 heterocycles. The molecule has 0 saturated carbocycles. The number of nitrogens with zero attached hydrogens (tertiary/aromatic N) is 6. The smallest absolute Gasteiger partial charge is 0.161 e. The third-order valence-electron chi connectivity index (χ3n) is 3.50. The van der Waals surface area contributed by atoms with Crippen molar-refractivity contribution in [2.24, 2.45) is 0 Å². The minimum Gasteiger partial charge on any atom is -0.384 e. The largest absolute Gasteiger partial charge is 0.384 e. The van der Waals surface area contributed by atoms with Crippen molar-refractivity contribution < 1.29 is 0 Å². The van der Waals surface area contributed by atoms with E-state index in [1.807, 2.05) is 19.1 Å². The second-order valence-electron chi connectivity index (χ2n) is 5.29. The highest BCUT2D eigenvalue weighted by Gasteiger charge is 2.14. The summed E-state index contributed by atoms with van der Waals surface area (Å²) in [6, 6.07) is 3.66. The first-order valence-electron chi connectivity index (χ1n) is 6.96. The van der Waals surface area contributed by atoms with Crippen molar-refractivity contribution in [2.45, 2.75) is 6.92 Å². The molecule has 0 unspecified atom stereocenters. The van der Waals surface area contributed by atoms with E-state index in [4.69, 9.17) is 5.73 Å². The Morgan fingerprint density at radius 2 is 1.90 bits per heavy atom. The van der Waals surface area contributed by atoms with Gasteiger partial charge >= 0.3 is 0 Å². The number of hydrazine groups is 1. The minimum absolute atomic E-state index is 0.566. The van der Waals surface area contributed by atoms with Crippen LogP contribution in [0.2, 0.25) is 0 Å². The first-order valence-corrected chi connectivity index (χ1v) is 6.96. The number of likely N-dealkylation sites (N-methyl/N-ethyl adjacent to an activating group) is 1. The summed E-state index contributed by atoms with van der Waals surface area (Å²) < 4.78 is 1.62. The fraction of sp³-hybridized carbons (Fsp3) is 0.462. The number of rotatable bonds is 3. The van der Waals surface area contributed by atoms with Gasteiger partial charge in [-0.25, -0.2) is 15.0 Å². The Bertz CT molecular complexity index is 614. The van der Waals surface area contributed by atoms with Crippen LogP contribution in [0.15, 0.2) is 18.5 Å². The van der Waals surface area contributed by atoms with Crippen LogP contribution in [0.1, 0.15) is 5.69 Å². The van der Waals surface area contributed by atoms with Crippen molar-refractivity contribution in [2.75, 3.05) is 44.4 Å². The maximum absolute atomic E-state index is 5.93. The highest BCUT2D eigenvalue weighted by Crippen LogP contribution is 2.14. The van der Waals surface area contributed by atoms with E-state index in [-0.39, 0.29) is 0 Å². The van der Waals surface area contributed by atoms with E-state index in [2.05, 4.69) is 37.4 Å². The van der Waals surface area contributed by atoms with Crippen LogP contribution in [0.3, 0.4) is 0 Å². The highest BCUT2D eigenvalue weighted by molar-refractivity contribution is 5.44. The van der Waals surface area contributed by atoms with Gasteiger partial charge < -0.3 is 16.1 Å². The Kier molecular flexibility index (Phi) is 3.72. The normalized spacial score (nSPS) is 17.0. The van der Waals surface area contributed by atoms with Gasteiger partial charge in [-0.1, -0.05) is 0 Å². The summed E-state index contributed by atoms with van der Waals surface area (Å²) in [7, 11) is 2.13.